The van der Waals surface area contributed by atoms with E-state index in [1.54, 1.807) is 30.3 Å². The number of carboxylic acids is 1. The number of nitrogens with one attached hydrogen (secondary N) is 1. The van der Waals surface area contributed by atoms with Crippen LogP contribution in [0.5, 0.6) is 11.5 Å². The van der Waals surface area contributed by atoms with Gasteiger partial charge in [0.25, 0.3) is 0 Å². The van der Waals surface area contributed by atoms with Crippen molar-refractivity contribution in [3.63, 3.8) is 0 Å². The Bertz CT molecular complexity index is 1220. The molecule has 200 valence electrons. The second-order valence-corrected chi connectivity index (χ2v) is 9.25. The standard InChI is InChI=1S/C32H37NO5/c1-3-4-5-9-25-13-15-26(16-14-25)23-38-28-19-17-27(24(2)22-28)18-20-31(34)33-29-10-6-7-11-30(29)37-21-8-12-32(35)36/h6-7,10-11,13-20,22H,3-5,8-9,12,21,23H2,1-2H3,(H,33,34)(H,35,36)/b20-18+. The van der Waals surface area contributed by atoms with Gasteiger partial charge in [-0.05, 0) is 78.8 Å². The van der Waals surface area contributed by atoms with Crippen LogP contribution in [0.25, 0.3) is 6.08 Å². The molecule has 38 heavy (non-hydrogen) atoms. The molecule has 0 heterocycles. The highest BCUT2D eigenvalue weighted by molar-refractivity contribution is 6.02. The summed E-state index contributed by atoms with van der Waals surface area (Å²) < 4.78 is 11.6. The molecule has 0 fully saturated rings. The van der Waals surface area contributed by atoms with Crippen LogP contribution in [0.1, 0.15) is 61.3 Å². The van der Waals surface area contributed by atoms with Crippen molar-refractivity contribution in [2.45, 2.75) is 59.0 Å². The predicted octanol–water partition coefficient (Wildman–Crippen LogP) is 7.20. The minimum Gasteiger partial charge on any atom is -0.491 e. The van der Waals surface area contributed by atoms with Crippen LogP contribution in [-0.2, 0) is 22.6 Å². The zero-order chi connectivity index (χ0) is 27.2. The molecular formula is C32H37NO5. The summed E-state index contributed by atoms with van der Waals surface area (Å²) in [5, 5.41) is 11.6. The van der Waals surface area contributed by atoms with Gasteiger partial charge in [-0.1, -0.05) is 62.2 Å². The van der Waals surface area contributed by atoms with Gasteiger partial charge < -0.3 is 19.9 Å². The van der Waals surface area contributed by atoms with Gasteiger partial charge in [0.05, 0.1) is 12.3 Å². The minimum atomic E-state index is -0.863. The van der Waals surface area contributed by atoms with E-state index in [0.717, 1.165) is 28.9 Å². The van der Waals surface area contributed by atoms with Crippen molar-refractivity contribution in [1.29, 1.82) is 0 Å². The number of para-hydroxylation sites is 2. The number of carbonyl (C=O) groups excluding carboxylic acids is 1. The Morgan fingerprint density at radius 2 is 1.68 bits per heavy atom. The maximum Gasteiger partial charge on any atom is 0.303 e. The molecule has 2 N–H and O–H groups in total. The highest BCUT2D eigenvalue weighted by Gasteiger charge is 2.07. The molecule has 6 heteroatoms. The van der Waals surface area contributed by atoms with E-state index >= 15 is 0 Å². The van der Waals surface area contributed by atoms with E-state index in [0.29, 0.717) is 24.5 Å². The first-order valence-corrected chi connectivity index (χ1v) is 13.2. The lowest BCUT2D eigenvalue weighted by atomic mass is 10.1. The van der Waals surface area contributed by atoms with E-state index in [2.05, 4.69) is 36.5 Å². The molecule has 0 spiro atoms. The van der Waals surface area contributed by atoms with E-state index in [9.17, 15) is 9.59 Å². The highest BCUT2D eigenvalue weighted by atomic mass is 16.5. The molecule has 0 saturated carbocycles. The van der Waals surface area contributed by atoms with E-state index in [4.69, 9.17) is 14.6 Å². The van der Waals surface area contributed by atoms with E-state index < -0.39 is 5.97 Å². The van der Waals surface area contributed by atoms with Crippen molar-refractivity contribution in [1.82, 2.24) is 0 Å². The van der Waals surface area contributed by atoms with Gasteiger partial charge in [0, 0.05) is 12.5 Å². The molecule has 0 unspecified atom stereocenters. The molecule has 0 aliphatic heterocycles. The first-order chi connectivity index (χ1) is 18.4. The van der Waals surface area contributed by atoms with Crippen molar-refractivity contribution >= 4 is 23.6 Å². The summed E-state index contributed by atoms with van der Waals surface area (Å²) in [6.07, 6.45) is 8.52. The third kappa shape index (κ3) is 9.77. The molecular weight excluding hydrogens is 478 g/mol. The van der Waals surface area contributed by atoms with Crippen molar-refractivity contribution < 1.29 is 24.2 Å². The Morgan fingerprint density at radius 3 is 2.42 bits per heavy atom. The number of rotatable bonds is 15. The second-order valence-electron chi connectivity index (χ2n) is 9.25. The molecule has 3 aromatic rings. The Hall–Kier alpha value is -4.06. The molecule has 0 aliphatic rings. The number of aryl methyl sites for hydroxylation is 2. The fourth-order valence-electron chi connectivity index (χ4n) is 3.91. The third-order valence-corrected chi connectivity index (χ3v) is 6.09. The van der Waals surface area contributed by atoms with Crippen LogP contribution < -0.4 is 14.8 Å². The molecule has 0 aliphatic carbocycles. The normalized spacial score (nSPS) is 10.9. The maximum atomic E-state index is 12.5. The molecule has 0 aromatic heterocycles. The molecule has 3 rings (SSSR count). The number of amides is 1. The van der Waals surface area contributed by atoms with Gasteiger partial charge in [0.2, 0.25) is 5.91 Å². The number of aliphatic carboxylic acids is 1. The van der Waals surface area contributed by atoms with Crippen LogP contribution in [0.4, 0.5) is 5.69 Å². The van der Waals surface area contributed by atoms with Crippen LogP contribution in [0.3, 0.4) is 0 Å². The lowest BCUT2D eigenvalue weighted by Gasteiger charge is -2.11. The van der Waals surface area contributed by atoms with E-state index in [-0.39, 0.29) is 18.9 Å². The van der Waals surface area contributed by atoms with Crippen molar-refractivity contribution in [2.75, 3.05) is 11.9 Å². The maximum absolute atomic E-state index is 12.5. The average Bonchev–Trinajstić information content (AvgIpc) is 2.91. The molecule has 0 atom stereocenters. The molecule has 3 aromatic carbocycles. The summed E-state index contributed by atoms with van der Waals surface area (Å²) in [6.45, 7) is 4.96. The van der Waals surface area contributed by atoms with E-state index in [1.807, 2.05) is 25.1 Å². The number of hydrogen-bond donors (Lipinski definition) is 2. The van der Waals surface area contributed by atoms with Gasteiger partial charge in [-0.2, -0.15) is 0 Å². The number of ether oxygens (including phenoxy) is 2. The van der Waals surface area contributed by atoms with Crippen molar-refractivity contribution in [3.8, 4) is 11.5 Å². The van der Waals surface area contributed by atoms with Crippen LogP contribution >= 0.6 is 0 Å². The Morgan fingerprint density at radius 1 is 0.921 bits per heavy atom. The molecule has 0 saturated heterocycles. The lowest BCUT2D eigenvalue weighted by molar-refractivity contribution is -0.137. The second kappa shape index (κ2) is 15.3. The molecule has 6 nitrogen and oxygen atoms in total. The lowest BCUT2D eigenvalue weighted by Crippen LogP contribution is -2.10. The van der Waals surface area contributed by atoms with Crippen LogP contribution in [0.15, 0.2) is 72.8 Å². The number of carboxylic acid groups (broad SMARTS) is 1. The molecule has 0 bridgehead atoms. The summed E-state index contributed by atoms with van der Waals surface area (Å²) in [7, 11) is 0. The fourth-order valence-corrected chi connectivity index (χ4v) is 3.91. The first kappa shape index (κ1) is 28.5. The number of unbranched alkanes of at least 4 members (excludes halogenated alkanes) is 2. The van der Waals surface area contributed by atoms with Gasteiger partial charge in [-0.15, -0.1) is 0 Å². The smallest absolute Gasteiger partial charge is 0.303 e. The summed E-state index contributed by atoms with van der Waals surface area (Å²) in [5.74, 6) is 0.135. The SMILES string of the molecule is CCCCCc1ccc(COc2ccc(/C=C/C(=O)Nc3ccccc3OCCCC(=O)O)c(C)c2)cc1. The number of carbonyl (C=O) groups is 2. The molecule has 0 radical (unpaired) electrons. The summed E-state index contributed by atoms with van der Waals surface area (Å²) in [6, 6.07) is 21.5. The largest absolute Gasteiger partial charge is 0.491 e. The summed E-state index contributed by atoms with van der Waals surface area (Å²) in [5.41, 5.74) is 4.95. The third-order valence-electron chi connectivity index (χ3n) is 6.09. The quantitative estimate of drug-likeness (QED) is 0.165. The molecule has 1 amide bonds. The minimum absolute atomic E-state index is 0.0345. The van der Waals surface area contributed by atoms with E-state index in [1.165, 1.54) is 30.9 Å². The summed E-state index contributed by atoms with van der Waals surface area (Å²) >= 11 is 0. The zero-order valence-electron chi connectivity index (χ0n) is 22.2. The zero-order valence-corrected chi connectivity index (χ0v) is 22.2. The number of anilines is 1. The van der Waals surface area contributed by atoms with Crippen LogP contribution in [0, 0.1) is 6.92 Å². The first-order valence-electron chi connectivity index (χ1n) is 13.2. The van der Waals surface area contributed by atoms with Gasteiger partial charge in [0.15, 0.2) is 0 Å². The van der Waals surface area contributed by atoms with Gasteiger partial charge in [-0.25, -0.2) is 0 Å². The topological polar surface area (TPSA) is 84.9 Å². The van der Waals surface area contributed by atoms with Crippen molar-refractivity contribution in [2.24, 2.45) is 0 Å². The Kier molecular flexibility index (Phi) is 11.4. The van der Waals surface area contributed by atoms with Gasteiger partial charge in [0.1, 0.15) is 18.1 Å². The van der Waals surface area contributed by atoms with Crippen molar-refractivity contribution in [3.05, 3.63) is 95.1 Å². The highest BCUT2D eigenvalue weighted by Crippen LogP contribution is 2.24. The van der Waals surface area contributed by atoms with Gasteiger partial charge in [-0.3, -0.25) is 9.59 Å². The monoisotopic (exact) mass is 515 g/mol. The number of hydrogen-bond acceptors (Lipinski definition) is 4. The summed E-state index contributed by atoms with van der Waals surface area (Å²) in [4.78, 5) is 23.2. The average molecular weight is 516 g/mol. The van der Waals surface area contributed by atoms with Crippen LogP contribution in [-0.4, -0.2) is 23.6 Å². The van der Waals surface area contributed by atoms with Gasteiger partial charge >= 0.3 is 5.97 Å². The Balaban J connectivity index is 1.51. The van der Waals surface area contributed by atoms with Crippen LogP contribution in [0.2, 0.25) is 0 Å². The predicted molar refractivity (Wildman–Crippen MR) is 152 cm³/mol. The Labute approximate surface area is 225 Å². The number of benzene rings is 3. The fraction of sp³-hybridized carbons (Fsp3) is 0.312.